The van der Waals surface area contributed by atoms with Gasteiger partial charge in [0.1, 0.15) is 0 Å². The van der Waals surface area contributed by atoms with Crippen LogP contribution in [0.3, 0.4) is 0 Å². The highest BCUT2D eigenvalue weighted by atomic mass is 16.3. The van der Waals surface area contributed by atoms with Crippen LogP contribution in [0.15, 0.2) is 0 Å². The Balaban J connectivity index is 4.05. The summed E-state index contributed by atoms with van der Waals surface area (Å²) in [4.78, 5) is 13.6. The van der Waals surface area contributed by atoms with Gasteiger partial charge >= 0.3 is 0 Å². The molecule has 1 atom stereocenters. The first-order valence-corrected chi connectivity index (χ1v) is 6.26. The number of nitrogens with one attached hydrogen (secondary N) is 1. The molecule has 17 heavy (non-hydrogen) atoms. The first kappa shape index (κ1) is 16.4. The summed E-state index contributed by atoms with van der Waals surface area (Å²) in [6.45, 7) is 7.47. The van der Waals surface area contributed by atoms with Gasteiger partial charge in [0.15, 0.2) is 0 Å². The van der Waals surface area contributed by atoms with Gasteiger partial charge in [0, 0.05) is 19.6 Å². The molecule has 0 heterocycles. The van der Waals surface area contributed by atoms with Gasteiger partial charge in [-0.2, -0.15) is 0 Å². The lowest BCUT2D eigenvalue weighted by Crippen LogP contribution is -2.47. The maximum Gasteiger partial charge on any atom is 0.237 e. The zero-order valence-corrected chi connectivity index (χ0v) is 11.1. The third-order valence-corrected chi connectivity index (χ3v) is 2.72. The Kier molecular flexibility index (Phi) is 9.03. The summed E-state index contributed by atoms with van der Waals surface area (Å²) in [6.07, 6.45) is 0.957. The molecule has 5 heteroatoms. The van der Waals surface area contributed by atoms with E-state index in [9.17, 15) is 4.79 Å². The van der Waals surface area contributed by atoms with Crippen molar-refractivity contribution in [2.75, 3.05) is 32.8 Å². The van der Waals surface area contributed by atoms with Gasteiger partial charge in [-0.05, 0) is 19.3 Å². The number of nitrogens with zero attached hydrogens (tertiary/aromatic N) is 1. The summed E-state index contributed by atoms with van der Waals surface area (Å²) in [6, 6.07) is -0.318. The van der Waals surface area contributed by atoms with Crippen molar-refractivity contribution in [1.82, 2.24) is 10.2 Å². The van der Waals surface area contributed by atoms with Crippen LogP contribution in [0.4, 0.5) is 0 Å². The topological polar surface area (TPSA) is 72.8 Å². The summed E-state index contributed by atoms with van der Waals surface area (Å²) < 4.78 is 0. The zero-order valence-electron chi connectivity index (χ0n) is 11.1. The molecule has 0 aromatic heterocycles. The van der Waals surface area contributed by atoms with Crippen molar-refractivity contribution in [1.29, 1.82) is 0 Å². The van der Waals surface area contributed by atoms with Gasteiger partial charge in [-0.1, -0.05) is 13.8 Å². The molecule has 0 aliphatic heterocycles. The van der Waals surface area contributed by atoms with E-state index in [-0.39, 0.29) is 25.2 Å². The summed E-state index contributed by atoms with van der Waals surface area (Å²) in [5.74, 6) is 0.518. The maximum atomic E-state index is 11.8. The van der Waals surface area contributed by atoms with Crippen molar-refractivity contribution >= 4 is 5.91 Å². The maximum absolute atomic E-state index is 11.8. The minimum absolute atomic E-state index is 0.0103. The van der Waals surface area contributed by atoms with Crippen molar-refractivity contribution < 1.29 is 15.0 Å². The number of aliphatic hydroxyl groups excluding tert-OH is 2. The highest BCUT2D eigenvalue weighted by Gasteiger charge is 2.19. The summed E-state index contributed by atoms with van der Waals surface area (Å²) in [5, 5.41) is 20.6. The average molecular weight is 246 g/mol. The molecule has 0 aliphatic carbocycles. The zero-order chi connectivity index (χ0) is 13.3. The second-order valence-electron chi connectivity index (χ2n) is 4.63. The molecule has 0 bridgehead atoms. The molecule has 5 nitrogen and oxygen atoms in total. The van der Waals surface area contributed by atoms with Crippen molar-refractivity contribution in [3.8, 4) is 0 Å². The Morgan fingerprint density at radius 3 is 2.12 bits per heavy atom. The number of hydrogen-bond acceptors (Lipinski definition) is 4. The Morgan fingerprint density at radius 1 is 1.18 bits per heavy atom. The fourth-order valence-electron chi connectivity index (χ4n) is 1.55. The van der Waals surface area contributed by atoms with Crippen molar-refractivity contribution in [3.05, 3.63) is 0 Å². The average Bonchev–Trinajstić information content (AvgIpc) is 2.27. The first-order chi connectivity index (χ1) is 8.02. The number of carbonyl (C=O) groups excluding carboxylic acids is 1. The van der Waals surface area contributed by atoms with E-state index in [2.05, 4.69) is 19.2 Å². The van der Waals surface area contributed by atoms with Crippen LogP contribution in [0, 0.1) is 5.92 Å². The van der Waals surface area contributed by atoms with Crippen LogP contribution in [0.2, 0.25) is 0 Å². The lowest BCUT2D eigenvalue weighted by Gasteiger charge is -2.26. The van der Waals surface area contributed by atoms with Crippen LogP contribution in [0.1, 0.15) is 27.2 Å². The van der Waals surface area contributed by atoms with E-state index in [4.69, 9.17) is 10.2 Å². The van der Waals surface area contributed by atoms with E-state index in [0.717, 1.165) is 6.42 Å². The van der Waals surface area contributed by atoms with Gasteiger partial charge < -0.3 is 15.5 Å². The number of rotatable bonds is 9. The van der Waals surface area contributed by atoms with E-state index in [0.29, 0.717) is 25.6 Å². The molecule has 0 radical (unpaired) electrons. The van der Waals surface area contributed by atoms with E-state index in [1.807, 2.05) is 0 Å². The number of carbonyl (C=O) groups is 1. The molecular weight excluding hydrogens is 220 g/mol. The molecule has 0 rings (SSSR count). The van der Waals surface area contributed by atoms with Gasteiger partial charge in [0.25, 0.3) is 0 Å². The predicted molar refractivity (Wildman–Crippen MR) is 67.7 cm³/mol. The number of amides is 1. The number of aliphatic hydroxyl groups is 2. The van der Waals surface area contributed by atoms with Gasteiger partial charge in [-0.3, -0.25) is 9.69 Å². The van der Waals surface area contributed by atoms with E-state index in [1.165, 1.54) is 0 Å². The quantitative estimate of drug-likeness (QED) is 0.528. The molecule has 1 unspecified atom stereocenters. The van der Waals surface area contributed by atoms with E-state index >= 15 is 0 Å². The van der Waals surface area contributed by atoms with Crippen LogP contribution >= 0.6 is 0 Å². The minimum Gasteiger partial charge on any atom is -0.395 e. The smallest absolute Gasteiger partial charge is 0.237 e. The standard InChI is InChI=1S/C12H26N2O3/c1-10(2)4-5-13-12(17)11(3)14(6-8-15)7-9-16/h10-11,15-16H,4-9H2,1-3H3,(H,13,17). The molecule has 1 amide bonds. The Labute approximate surface area is 104 Å². The van der Waals surface area contributed by atoms with E-state index in [1.54, 1.807) is 11.8 Å². The molecule has 0 aliphatic rings. The number of hydrogen-bond donors (Lipinski definition) is 3. The Hall–Kier alpha value is -0.650. The molecule has 0 saturated heterocycles. The van der Waals surface area contributed by atoms with Crippen LogP contribution in [-0.2, 0) is 4.79 Å². The third kappa shape index (κ3) is 7.31. The predicted octanol–water partition coefficient (Wildman–Crippen LogP) is -0.176. The highest BCUT2D eigenvalue weighted by molar-refractivity contribution is 5.81. The minimum atomic E-state index is -0.318. The molecular formula is C12H26N2O3. The molecule has 0 fully saturated rings. The second-order valence-corrected chi connectivity index (χ2v) is 4.63. The highest BCUT2D eigenvalue weighted by Crippen LogP contribution is 2.00. The monoisotopic (exact) mass is 246 g/mol. The fourth-order valence-corrected chi connectivity index (χ4v) is 1.55. The van der Waals surface area contributed by atoms with Crippen LogP contribution in [0.25, 0.3) is 0 Å². The Bertz CT molecular complexity index is 204. The lowest BCUT2D eigenvalue weighted by molar-refractivity contribution is -0.126. The Morgan fingerprint density at radius 2 is 1.71 bits per heavy atom. The molecule has 0 saturated carbocycles. The molecule has 0 spiro atoms. The normalized spacial score (nSPS) is 13.1. The van der Waals surface area contributed by atoms with Crippen molar-refractivity contribution in [2.24, 2.45) is 5.92 Å². The third-order valence-electron chi connectivity index (χ3n) is 2.72. The van der Waals surface area contributed by atoms with Crippen LogP contribution in [-0.4, -0.2) is 59.9 Å². The molecule has 0 aromatic rings. The van der Waals surface area contributed by atoms with Gasteiger partial charge in [-0.25, -0.2) is 0 Å². The molecule has 102 valence electrons. The van der Waals surface area contributed by atoms with Crippen LogP contribution < -0.4 is 5.32 Å². The SMILES string of the molecule is CC(C)CCNC(=O)C(C)N(CCO)CCO. The lowest BCUT2D eigenvalue weighted by atomic mass is 10.1. The van der Waals surface area contributed by atoms with Gasteiger partial charge in [0.2, 0.25) is 5.91 Å². The second kappa shape index (κ2) is 9.39. The van der Waals surface area contributed by atoms with Gasteiger partial charge in [-0.15, -0.1) is 0 Å². The first-order valence-electron chi connectivity index (χ1n) is 6.26. The fraction of sp³-hybridized carbons (Fsp3) is 0.917. The van der Waals surface area contributed by atoms with Crippen LogP contribution in [0.5, 0.6) is 0 Å². The van der Waals surface area contributed by atoms with Crippen molar-refractivity contribution in [2.45, 2.75) is 33.2 Å². The summed E-state index contributed by atoms with van der Waals surface area (Å²) >= 11 is 0. The van der Waals surface area contributed by atoms with Gasteiger partial charge in [0.05, 0.1) is 19.3 Å². The molecule has 0 aromatic carbocycles. The van der Waals surface area contributed by atoms with E-state index < -0.39 is 0 Å². The summed E-state index contributed by atoms with van der Waals surface area (Å²) in [7, 11) is 0. The summed E-state index contributed by atoms with van der Waals surface area (Å²) in [5.41, 5.74) is 0. The molecule has 3 N–H and O–H groups in total. The van der Waals surface area contributed by atoms with Crippen molar-refractivity contribution in [3.63, 3.8) is 0 Å². The largest absolute Gasteiger partial charge is 0.395 e.